The van der Waals surface area contributed by atoms with Gasteiger partial charge in [0.25, 0.3) is 5.91 Å². The number of carbonyl (C=O) groups excluding carboxylic acids is 1. The van der Waals surface area contributed by atoms with Gasteiger partial charge in [0.2, 0.25) is 0 Å². The van der Waals surface area contributed by atoms with Gasteiger partial charge in [-0.1, -0.05) is 18.2 Å². The summed E-state index contributed by atoms with van der Waals surface area (Å²) in [4.78, 5) is 15.4. The first-order chi connectivity index (χ1) is 13.0. The topological polar surface area (TPSA) is 86.9 Å². The van der Waals surface area contributed by atoms with Crippen LogP contribution in [0.25, 0.3) is 10.9 Å². The lowest BCUT2D eigenvalue weighted by Crippen LogP contribution is -2.12. The summed E-state index contributed by atoms with van der Waals surface area (Å²) < 4.78 is 10.7. The monoisotopic (exact) mass is 368 g/mol. The van der Waals surface area contributed by atoms with Crippen LogP contribution in [0.3, 0.4) is 0 Å². The Morgan fingerprint density at radius 1 is 1.26 bits per heavy atom. The number of nitrogens with one attached hydrogen (secondary N) is 2. The zero-order valence-corrected chi connectivity index (χ0v) is 15.4. The van der Waals surface area contributed by atoms with Gasteiger partial charge >= 0.3 is 0 Å². The number of carbonyl (C=O) groups is 1. The summed E-state index contributed by atoms with van der Waals surface area (Å²) in [6, 6.07) is 17.0. The second-order valence-corrected chi connectivity index (χ2v) is 6.61. The summed E-state index contributed by atoms with van der Waals surface area (Å²) in [6.45, 7) is 4.79. The quantitative estimate of drug-likeness (QED) is 0.601. The molecule has 1 aliphatic heterocycles. The average molecular weight is 368 g/mol. The minimum atomic E-state index is -0.167. The van der Waals surface area contributed by atoms with Crippen LogP contribution in [0.4, 0.5) is 5.69 Å². The summed E-state index contributed by atoms with van der Waals surface area (Å²) >= 11 is 0. The number of hydrogen-bond donors (Lipinski definition) is 3. The number of anilines is 1. The van der Waals surface area contributed by atoms with Crippen molar-refractivity contribution in [2.75, 3.05) is 18.5 Å². The number of aliphatic hydroxyl groups excluding tert-OH is 1. The normalized spacial score (nSPS) is 15.2. The van der Waals surface area contributed by atoms with Gasteiger partial charge in [0.1, 0.15) is 24.2 Å². The third-order valence-electron chi connectivity index (χ3n) is 3.73. The van der Waals surface area contributed by atoms with Crippen LogP contribution >= 0.6 is 0 Å². The fourth-order valence-corrected chi connectivity index (χ4v) is 2.38. The molecule has 142 valence electrons. The van der Waals surface area contributed by atoms with Crippen LogP contribution in [-0.2, 0) is 4.74 Å². The summed E-state index contributed by atoms with van der Waals surface area (Å²) in [5.41, 5.74) is 2.21. The van der Waals surface area contributed by atoms with Gasteiger partial charge in [-0.2, -0.15) is 0 Å². The Hall–Kier alpha value is -2.83. The van der Waals surface area contributed by atoms with Gasteiger partial charge < -0.3 is 24.9 Å². The Bertz CT molecular complexity index is 847. The Balaban J connectivity index is 0.000000481. The molecular formula is C21H24N2O4. The first-order valence-electron chi connectivity index (χ1n) is 8.93. The Kier molecular flexibility index (Phi) is 6.11. The second-order valence-electron chi connectivity index (χ2n) is 6.61. The van der Waals surface area contributed by atoms with E-state index in [0.717, 1.165) is 28.9 Å². The number of hydrogen-bond acceptors (Lipinski definition) is 4. The number of ether oxygens (including phenoxy) is 2. The smallest absolute Gasteiger partial charge is 0.272 e. The van der Waals surface area contributed by atoms with E-state index in [-0.39, 0.29) is 18.1 Å². The fourth-order valence-electron chi connectivity index (χ4n) is 2.38. The molecule has 1 saturated heterocycles. The number of epoxide rings is 1. The molecule has 0 saturated carbocycles. The summed E-state index contributed by atoms with van der Waals surface area (Å²) in [6.07, 6.45) is 0.0661. The van der Waals surface area contributed by atoms with Crippen LogP contribution in [0.2, 0.25) is 0 Å². The van der Waals surface area contributed by atoms with Gasteiger partial charge in [-0.05, 0) is 50.2 Å². The lowest BCUT2D eigenvalue weighted by molar-refractivity contribution is 0.102. The molecule has 2 heterocycles. The van der Waals surface area contributed by atoms with Crippen LogP contribution in [0.15, 0.2) is 54.6 Å². The van der Waals surface area contributed by atoms with E-state index in [4.69, 9.17) is 14.6 Å². The van der Waals surface area contributed by atoms with Gasteiger partial charge in [-0.15, -0.1) is 0 Å². The molecule has 1 aromatic heterocycles. The standard InChI is InChI=1S/C18H16N2O3.C3H8O/c21-18(17-9-12-3-1-2-4-16(12)20-17)19-13-5-7-14(8-6-13)22-10-15-11-23-15;1-3(2)4/h1-9,15,20H,10-11H2,(H,19,21);3-4H,1-2H3. The highest BCUT2D eigenvalue weighted by Gasteiger charge is 2.22. The molecule has 27 heavy (non-hydrogen) atoms. The minimum absolute atomic E-state index is 0.166. The molecule has 2 aromatic carbocycles. The highest BCUT2D eigenvalue weighted by Crippen LogP contribution is 2.19. The molecule has 4 rings (SSSR count). The van der Waals surface area contributed by atoms with Crippen molar-refractivity contribution in [2.45, 2.75) is 26.1 Å². The van der Waals surface area contributed by atoms with Crippen molar-refractivity contribution in [1.82, 2.24) is 4.98 Å². The molecule has 1 unspecified atom stereocenters. The average Bonchev–Trinajstić information content (AvgIpc) is 3.36. The van der Waals surface area contributed by atoms with E-state index < -0.39 is 0 Å². The zero-order chi connectivity index (χ0) is 19.2. The van der Waals surface area contributed by atoms with Gasteiger partial charge in [0, 0.05) is 22.7 Å². The van der Waals surface area contributed by atoms with E-state index in [1.54, 1.807) is 13.8 Å². The Morgan fingerprint density at radius 3 is 2.56 bits per heavy atom. The molecule has 1 fully saturated rings. The fraction of sp³-hybridized carbons (Fsp3) is 0.286. The number of aromatic amines is 1. The molecule has 1 aliphatic rings. The van der Waals surface area contributed by atoms with Crippen LogP contribution in [0, 0.1) is 0 Å². The lowest BCUT2D eigenvalue weighted by atomic mass is 10.2. The highest BCUT2D eigenvalue weighted by molar-refractivity contribution is 6.05. The predicted molar refractivity (Wildman–Crippen MR) is 105 cm³/mol. The molecule has 6 nitrogen and oxygen atoms in total. The maximum Gasteiger partial charge on any atom is 0.272 e. The SMILES string of the molecule is CC(C)O.O=C(Nc1ccc(OCC2CO2)cc1)c1cc2ccccc2[nH]1. The maximum absolute atomic E-state index is 12.3. The van der Waals surface area contributed by atoms with Crippen molar-refractivity contribution >= 4 is 22.5 Å². The number of benzene rings is 2. The zero-order valence-electron chi connectivity index (χ0n) is 15.4. The van der Waals surface area contributed by atoms with E-state index in [0.29, 0.717) is 12.3 Å². The first-order valence-corrected chi connectivity index (χ1v) is 8.93. The molecule has 0 aliphatic carbocycles. The molecular weight excluding hydrogens is 344 g/mol. The number of amides is 1. The number of rotatable bonds is 5. The third kappa shape index (κ3) is 5.84. The van der Waals surface area contributed by atoms with Gasteiger partial charge in [0.15, 0.2) is 0 Å². The van der Waals surface area contributed by atoms with Crippen molar-refractivity contribution in [3.05, 3.63) is 60.3 Å². The van der Waals surface area contributed by atoms with E-state index in [1.165, 1.54) is 0 Å². The summed E-state index contributed by atoms with van der Waals surface area (Å²) in [7, 11) is 0. The van der Waals surface area contributed by atoms with Crippen molar-refractivity contribution in [3.63, 3.8) is 0 Å². The molecule has 1 amide bonds. The molecule has 0 spiro atoms. The van der Waals surface area contributed by atoms with Crippen LogP contribution < -0.4 is 10.1 Å². The highest BCUT2D eigenvalue weighted by atomic mass is 16.6. The van der Waals surface area contributed by atoms with Gasteiger partial charge in [-0.25, -0.2) is 0 Å². The van der Waals surface area contributed by atoms with E-state index >= 15 is 0 Å². The predicted octanol–water partition coefficient (Wildman–Crippen LogP) is 3.58. The third-order valence-corrected chi connectivity index (χ3v) is 3.73. The number of H-pyrrole nitrogens is 1. The number of fused-ring (bicyclic) bond motifs is 1. The minimum Gasteiger partial charge on any atom is -0.491 e. The largest absolute Gasteiger partial charge is 0.491 e. The molecule has 3 N–H and O–H groups in total. The van der Waals surface area contributed by atoms with Gasteiger partial charge in [-0.3, -0.25) is 4.79 Å². The lowest BCUT2D eigenvalue weighted by Gasteiger charge is -2.07. The summed E-state index contributed by atoms with van der Waals surface area (Å²) in [5.74, 6) is 0.602. The first kappa shape index (κ1) is 18.9. The van der Waals surface area contributed by atoms with Crippen molar-refractivity contribution in [1.29, 1.82) is 0 Å². The summed E-state index contributed by atoms with van der Waals surface area (Å²) in [5, 5.41) is 11.9. The molecule has 3 aromatic rings. The van der Waals surface area contributed by atoms with Crippen molar-refractivity contribution in [2.24, 2.45) is 0 Å². The van der Waals surface area contributed by atoms with Gasteiger partial charge in [0.05, 0.1) is 6.61 Å². The van der Waals surface area contributed by atoms with Crippen molar-refractivity contribution < 1.29 is 19.4 Å². The van der Waals surface area contributed by atoms with Crippen molar-refractivity contribution in [3.8, 4) is 5.75 Å². The van der Waals surface area contributed by atoms with E-state index in [1.807, 2.05) is 54.6 Å². The molecule has 1 atom stereocenters. The Labute approximate surface area is 158 Å². The van der Waals surface area contributed by atoms with Crippen LogP contribution in [0.5, 0.6) is 5.75 Å². The number of aliphatic hydroxyl groups is 1. The van der Waals surface area contributed by atoms with Crippen LogP contribution in [0.1, 0.15) is 24.3 Å². The Morgan fingerprint density at radius 2 is 1.93 bits per heavy atom. The van der Waals surface area contributed by atoms with E-state index in [2.05, 4.69) is 10.3 Å². The number of para-hydroxylation sites is 1. The van der Waals surface area contributed by atoms with E-state index in [9.17, 15) is 4.79 Å². The molecule has 6 heteroatoms. The van der Waals surface area contributed by atoms with Crippen LogP contribution in [-0.4, -0.2) is 41.4 Å². The number of aromatic nitrogens is 1. The maximum atomic E-state index is 12.3. The molecule has 0 bridgehead atoms. The molecule has 0 radical (unpaired) electrons. The second kappa shape index (κ2) is 8.70.